The molecule has 0 aromatic rings. The second-order valence-electron chi connectivity index (χ2n) is 6.68. The molecule has 0 aromatic heterocycles. The number of carbonyl (C=O) groups is 1. The first-order chi connectivity index (χ1) is 9.82. The molecule has 0 N–H and O–H groups in total. The van der Waals surface area contributed by atoms with Crippen molar-refractivity contribution in [2.45, 2.75) is 44.2 Å². The zero-order valence-electron chi connectivity index (χ0n) is 12.7. The number of morpholine rings is 1. The molecule has 3 aliphatic rings. The molecule has 0 aromatic carbocycles. The van der Waals surface area contributed by atoms with E-state index >= 15 is 0 Å². The largest absolute Gasteiger partial charge is 0.363 e. The van der Waals surface area contributed by atoms with E-state index in [4.69, 9.17) is 4.74 Å². The summed E-state index contributed by atoms with van der Waals surface area (Å²) in [6.07, 6.45) is 5.00. The zero-order chi connectivity index (χ0) is 15.3. The van der Waals surface area contributed by atoms with Crippen LogP contribution in [0, 0.1) is 5.92 Å². The Morgan fingerprint density at radius 2 is 1.90 bits per heavy atom. The molecule has 2 aliphatic heterocycles. The lowest BCUT2D eigenvalue weighted by Gasteiger charge is -2.51. The zero-order valence-corrected chi connectivity index (χ0v) is 13.6. The summed E-state index contributed by atoms with van der Waals surface area (Å²) < 4.78 is 30.7. The monoisotopic (exact) mass is 316 g/mol. The van der Waals surface area contributed by atoms with Crippen LogP contribution in [-0.4, -0.2) is 67.7 Å². The van der Waals surface area contributed by atoms with Crippen LogP contribution in [0.4, 0.5) is 0 Å². The Balaban J connectivity index is 1.71. The summed E-state index contributed by atoms with van der Waals surface area (Å²) >= 11 is 0. The van der Waals surface area contributed by atoms with Gasteiger partial charge in [-0.15, -0.1) is 0 Å². The topological polar surface area (TPSA) is 66.9 Å². The average molecular weight is 316 g/mol. The van der Waals surface area contributed by atoms with Crippen LogP contribution in [0.2, 0.25) is 0 Å². The Labute approximate surface area is 126 Å². The molecule has 21 heavy (non-hydrogen) atoms. The fraction of sp³-hybridized carbons (Fsp3) is 0.929. The summed E-state index contributed by atoms with van der Waals surface area (Å²) in [5.74, 6) is 0.730. The van der Waals surface area contributed by atoms with Gasteiger partial charge in [0, 0.05) is 19.6 Å². The lowest BCUT2D eigenvalue weighted by Crippen LogP contribution is -2.64. The van der Waals surface area contributed by atoms with Gasteiger partial charge in [-0.3, -0.25) is 4.79 Å². The second-order valence-corrected chi connectivity index (χ2v) is 8.66. The van der Waals surface area contributed by atoms with E-state index in [1.165, 1.54) is 23.4 Å². The number of hydrogen-bond donors (Lipinski definition) is 0. The van der Waals surface area contributed by atoms with Crippen LogP contribution in [-0.2, 0) is 19.6 Å². The molecule has 1 amide bonds. The molecular formula is C14H24N2O4S. The number of ether oxygens (including phenoxy) is 1. The van der Waals surface area contributed by atoms with Gasteiger partial charge in [0.25, 0.3) is 0 Å². The van der Waals surface area contributed by atoms with Crippen LogP contribution in [0.3, 0.4) is 0 Å². The van der Waals surface area contributed by atoms with E-state index in [0.717, 1.165) is 6.54 Å². The number of piperidine rings is 1. The van der Waals surface area contributed by atoms with Gasteiger partial charge >= 0.3 is 0 Å². The van der Waals surface area contributed by atoms with E-state index in [0.29, 0.717) is 31.8 Å². The van der Waals surface area contributed by atoms with E-state index in [2.05, 4.69) is 6.92 Å². The van der Waals surface area contributed by atoms with Crippen molar-refractivity contribution in [2.75, 3.05) is 32.5 Å². The van der Waals surface area contributed by atoms with Crippen molar-refractivity contribution >= 4 is 15.9 Å². The number of sulfonamides is 1. The van der Waals surface area contributed by atoms with Crippen LogP contribution < -0.4 is 0 Å². The maximum absolute atomic E-state index is 12.1. The average Bonchev–Trinajstić information content (AvgIpc) is 3.23. The highest BCUT2D eigenvalue weighted by molar-refractivity contribution is 7.88. The predicted molar refractivity (Wildman–Crippen MR) is 78.2 cm³/mol. The molecule has 3 fully saturated rings. The number of carbonyl (C=O) groups excluding carboxylic acids is 1. The van der Waals surface area contributed by atoms with Crippen LogP contribution in [0.15, 0.2) is 0 Å². The molecule has 2 heterocycles. The summed E-state index contributed by atoms with van der Waals surface area (Å²) in [5, 5.41) is 0. The van der Waals surface area contributed by atoms with Gasteiger partial charge in [0.1, 0.15) is 6.61 Å². The quantitative estimate of drug-likeness (QED) is 0.758. The maximum atomic E-state index is 12.1. The summed E-state index contributed by atoms with van der Waals surface area (Å²) in [4.78, 5) is 14.1. The number of nitrogens with zero attached hydrogens (tertiary/aromatic N) is 2. The standard InChI is InChI=1S/C14H24N2O4S/c1-11-14(5-7-15(8-6-14)21(2,18)19)20-10-13(17)16(11)9-12-3-4-12/h11-12H,3-10H2,1-2H3/t11-/m1/s1. The lowest BCUT2D eigenvalue weighted by atomic mass is 9.83. The van der Waals surface area contributed by atoms with Gasteiger partial charge in [0.05, 0.1) is 17.9 Å². The van der Waals surface area contributed by atoms with E-state index in [9.17, 15) is 13.2 Å². The Morgan fingerprint density at radius 1 is 1.29 bits per heavy atom. The van der Waals surface area contributed by atoms with Crippen LogP contribution in [0.5, 0.6) is 0 Å². The van der Waals surface area contributed by atoms with Gasteiger partial charge in [0.15, 0.2) is 0 Å². The van der Waals surface area contributed by atoms with Crippen molar-refractivity contribution < 1.29 is 17.9 Å². The second kappa shape index (κ2) is 5.21. The van der Waals surface area contributed by atoms with E-state index in [1.54, 1.807) is 0 Å². The molecule has 1 saturated carbocycles. The highest BCUT2D eigenvalue weighted by Crippen LogP contribution is 2.38. The fourth-order valence-electron chi connectivity index (χ4n) is 3.51. The highest BCUT2D eigenvalue weighted by atomic mass is 32.2. The third-order valence-electron chi connectivity index (χ3n) is 5.22. The first-order valence-corrected chi connectivity index (χ1v) is 9.55. The Hall–Kier alpha value is -0.660. The molecule has 0 radical (unpaired) electrons. The molecule has 0 bridgehead atoms. The minimum atomic E-state index is -3.13. The molecule has 7 heteroatoms. The van der Waals surface area contributed by atoms with Crippen molar-refractivity contribution in [3.05, 3.63) is 0 Å². The Morgan fingerprint density at radius 3 is 2.43 bits per heavy atom. The molecule has 1 spiro atoms. The van der Waals surface area contributed by atoms with Crippen molar-refractivity contribution in [2.24, 2.45) is 5.92 Å². The third-order valence-corrected chi connectivity index (χ3v) is 6.53. The van der Waals surface area contributed by atoms with Crippen LogP contribution in [0.1, 0.15) is 32.6 Å². The van der Waals surface area contributed by atoms with Gasteiger partial charge in [-0.05, 0) is 38.5 Å². The molecule has 2 saturated heterocycles. The summed E-state index contributed by atoms with van der Waals surface area (Å²) in [7, 11) is -3.13. The minimum absolute atomic E-state index is 0.0288. The van der Waals surface area contributed by atoms with Crippen molar-refractivity contribution in [3.63, 3.8) is 0 Å². The first-order valence-electron chi connectivity index (χ1n) is 7.70. The maximum Gasteiger partial charge on any atom is 0.248 e. The molecule has 1 aliphatic carbocycles. The third kappa shape index (κ3) is 2.96. The molecule has 1 atom stereocenters. The molecule has 6 nitrogen and oxygen atoms in total. The van der Waals surface area contributed by atoms with E-state index in [-0.39, 0.29) is 24.2 Å². The summed E-state index contributed by atoms with van der Waals surface area (Å²) in [5.41, 5.74) is -0.371. The molecule has 3 rings (SSSR count). The molecular weight excluding hydrogens is 292 g/mol. The number of rotatable bonds is 3. The number of amides is 1. The predicted octanol–water partition coefficient (Wildman–Crippen LogP) is 0.438. The minimum Gasteiger partial charge on any atom is -0.363 e. The van der Waals surface area contributed by atoms with Crippen molar-refractivity contribution in [3.8, 4) is 0 Å². The SMILES string of the molecule is C[C@H]1N(CC2CC2)C(=O)COC12CCN(S(C)(=O)=O)CC2. The molecule has 0 unspecified atom stereocenters. The summed E-state index contributed by atoms with van der Waals surface area (Å²) in [6, 6.07) is 0.0288. The van der Waals surface area contributed by atoms with Gasteiger partial charge in [0.2, 0.25) is 15.9 Å². The van der Waals surface area contributed by atoms with E-state index < -0.39 is 10.0 Å². The molecule has 120 valence electrons. The van der Waals surface area contributed by atoms with Crippen molar-refractivity contribution in [1.82, 2.24) is 9.21 Å². The first kappa shape index (κ1) is 15.2. The van der Waals surface area contributed by atoms with E-state index in [1.807, 2.05) is 4.90 Å². The Kier molecular flexibility index (Phi) is 3.78. The normalized spacial score (nSPS) is 30.9. The van der Waals surface area contributed by atoms with Gasteiger partial charge in [-0.25, -0.2) is 12.7 Å². The summed E-state index contributed by atoms with van der Waals surface area (Å²) in [6.45, 7) is 3.98. The van der Waals surface area contributed by atoms with Gasteiger partial charge < -0.3 is 9.64 Å². The smallest absolute Gasteiger partial charge is 0.248 e. The van der Waals surface area contributed by atoms with Crippen LogP contribution in [0.25, 0.3) is 0 Å². The number of hydrogen-bond acceptors (Lipinski definition) is 4. The van der Waals surface area contributed by atoms with Crippen molar-refractivity contribution in [1.29, 1.82) is 0 Å². The lowest BCUT2D eigenvalue weighted by molar-refractivity contribution is -0.184. The van der Waals surface area contributed by atoms with Gasteiger partial charge in [-0.2, -0.15) is 0 Å². The van der Waals surface area contributed by atoms with Crippen LogP contribution >= 0.6 is 0 Å². The fourth-order valence-corrected chi connectivity index (χ4v) is 4.35. The Bertz CT molecular complexity index is 521. The van der Waals surface area contributed by atoms with Gasteiger partial charge in [-0.1, -0.05) is 0 Å². The highest BCUT2D eigenvalue weighted by Gasteiger charge is 2.49.